The van der Waals surface area contributed by atoms with Crippen LogP contribution in [0.4, 0.5) is 0 Å². The van der Waals surface area contributed by atoms with Crippen LogP contribution in [0.2, 0.25) is 10.0 Å². The van der Waals surface area contributed by atoms with Gasteiger partial charge in [0.1, 0.15) is 0 Å². The number of β-amino-alcohol motifs (C(OH)–C–C–N with tert-alkyl or cyclic N) is 1. The minimum atomic E-state index is -3.55. The van der Waals surface area contributed by atoms with E-state index >= 15 is 0 Å². The zero-order chi connectivity index (χ0) is 23.9. The van der Waals surface area contributed by atoms with Crippen LogP contribution in [-0.4, -0.2) is 66.1 Å². The fourth-order valence-electron chi connectivity index (χ4n) is 4.70. The van der Waals surface area contributed by atoms with Gasteiger partial charge in [0.2, 0.25) is 10.0 Å². The molecule has 178 valence electrons. The van der Waals surface area contributed by atoms with Crippen molar-refractivity contribution in [2.75, 3.05) is 32.7 Å². The van der Waals surface area contributed by atoms with Crippen molar-refractivity contribution in [1.82, 2.24) is 13.8 Å². The van der Waals surface area contributed by atoms with Crippen molar-refractivity contribution >= 4 is 55.0 Å². The maximum Gasteiger partial charge on any atom is 0.243 e. The number of fused-ring (bicyclic) bond motifs is 3. The number of nitrogens with zero attached hydrogens (tertiary/aromatic N) is 3. The number of aliphatic hydroxyl groups excluding tert-OH is 1. The summed E-state index contributed by atoms with van der Waals surface area (Å²) in [6.07, 6.45) is -0.603. The fraction of sp³-hybridized carbons (Fsp3) is 0.280. The van der Waals surface area contributed by atoms with Crippen LogP contribution in [0.5, 0.6) is 0 Å². The van der Waals surface area contributed by atoms with E-state index in [0.717, 1.165) is 21.8 Å². The molecule has 6 nitrogen and oxygen atoms in total. The molecule has 1 atom stereocenters. The highest BCUT2D eigenvalue weighted by Gasteiger charge is 2.29. The van der Waals surface area contributed by atoms with Crippen molar-refractivity contribution in [2.45, 2.75) is 17.5 Å². The van der Waals surface area contributed by atoms with E-state index in [1.54, 1.807) is 12.1 Å². The molecule has 0 amide bonds. The quantitative estimate of drug-likeness (QED) is 0.409. The van der Waals surface area contributed by atoms with Crippen molar-refractivity contribution in [3.8, 4) is 0 Å². The Morgan fingerprint density at radius 1 is 0.794 bits per heavy atom. The van der Waals surface area contributed by atoms with Crippen molar-refractivity contribution in [3.63, 3.8) is 0 Å². The predicted octanol–water partition coefficient (Wildman–Crippen LogP) is 4.47. The van der Waals surface area contributed by atoms with E-state index in [0.29, 0.717) is 49.3 Å². The Morgan fingerprint density at radius 2 is 1.44 bits per heavy atom. The molecule has 0 saturated carbocycles. The molecule has 1 aliphatic rings. The summed E-state index contributed by atoms with van der Waals surface area (Å²) in [6.45, 7) is 2.79. The number of rotatable bonds is 6. The van der Waals surface area contributed by atoms with Gasteiger partial charge in [0.15, 0.2) is 0 Å². The van der Waals surface area contributed by atoms with E-state index in [9.17, 15) is 13.5 Å². The number of hydrogen-bond acceptors (Lipinski definition) is 4. The van der Waals surface area contributed by atoms with E-state index in [4.69, 9.17) is 23.2 Å². The molecule has 5 rings (SSSR count). The Hall–Kier alpha value is -2.13. The molecule has 0 radical (unpaired) electrons. The van der Waals surface area contributed by atoms with Crippen molar-refractivity contribution in [1.29, 1.82) is 0 Å². The van der Waals surface area contributed by atoms with Gasteiger partial charge >= 0.3 is 0 Å². The molecular weight excluding hydrogens is 493 g/mol. The number of aliphatic hydroxyl groups is 1. The highest BCUT2D eigenvalue weighted by Crippen LogP contribution is 2.31. The van der Waals surface area contributed by atoms with Gasteiger partial charge in [-0.25, -0.2) is 8.42 Å². The average molecular weight is 518 g/mol. The molecule has 1 N–H and O–H groups in total. The number of para-hydroxylation sites is 1. The average Bonchev–Trinajstić information content (AvgIpc) is 3.12. The van der Waals surface area contributed by atoms with Crippen LogP contribution in [0, 0.1) is 0 Å². The lowest BCUT2D eigenvalue weighted by atomic mass is 10.2. The summed E-state index contributed by atoms with van der Waals surface area (Å²) in [5, 5.41) is 14.3. The lowest BCUT2D eigenvalue weighted by Crippen LogP contribution is -2.50. The highest BCUT2D eigenvalue weighted by molar-refractivity contribution is 7.89. The summed E-state index contributed by atoms with van der Waals surface area (Å²) < 4.78 is 29.5. The number of hydrogen-bond donors (Lipinski definition) is 1. The Balaban J connectivity index is 1.26. The molecule has 0 bridgehead atoms. The molecule has 1 saturated heterocycles. The SMILES string of the molecule is O=S(=O)(c1ccc(Cl)cc1)N1CCN(CC(O)Cn2c3ccccc3c3cc(Cl)ccc32)CC1. The van der Waals surface area contributed by atoms with Gasteiger partial charge in [-0.05, 0) is 48.5 Å². The second kappa shape index (κ2) is 9.49. The molecule has 1 unspecified atom stereocenters. The predicted molar refractivity (Wildman–Crippen MR) is 137 cm³/mol. The summed E-state index contributed by atoms with van der Waals surface area (Å²) >= 11 is 12.1. The Morgan fingerprint density at radius 3 is 2.18 bits per heavy atom. The van der Waals surface area contributed by atoms with Gasteiger partial charge in [-0.3, -0.25) is 4.90 Å². The first-order chi connectivity index (χ1) is 16.3. The Bertz CT molecular complexity index is 1430. The largest absolute Gasteiger partial charge is 0.390 e. The fourth-order valence-corrected chi connectivity index (χ4v) is 6.42. The number of benzene rings is 3. The third-order valence-corrected chi connectivity index (χ3v) is 8.78. The molecule has 0 spiro atoms. The first-order valence-corrected chi connectivity index (χ1v) is 13.4. The van der Waals surface area contributed by atoms with Gasteiger partial charge in [0.05, 0.1) is 17.5 Å². The Labute approximate surface area is 209 Å². The highest BCUT2D eigenvalue weighted by atomic mass is 35.5. The van der Waals surface area contributed by atoms with Gasteiger partial charge < -0.3 is 9.67 Å². The molecule has 3 aromatic carbocycles. The van der Waals surface area contributed by atoms with E-state index < -0.39 is 16.1 Å². The summed E-state index contributed by atoms with van der Waals surface area (Å²) in [7, 11) is -3.55. The molecule has 0 aliphatic carbocycles. The van der Waals surface area contributed by atoms with Crippen LogP contribution in [0.1, 0.15) is 0 Å². The molecule has 9 heteroatoms. The first kappa shape index (κ1) is 23.6. The maximum absolute atomic E-state index is 12.9. The maximum atomic E-state index is 12.9. The van der Waals surface area contributed by atoms with Crippen LogP contribution in [0.3, 0.4) is 0 Å². The zero-order valence-corrected chi connectivity index (χ0v) is 20.8. The molecular formula is C25H25Cl2N3O3S. The van der Waals surface area contributed by atoms with Crippen molar-refractivity contribution in [3.05, 3.63) is 76.8 Å². The molecule has 2 heterocycles. The summed E-state index contributed by atoms with van der Waals surface area (Å²) in [4.78, 5) is 2.36. The van der Waals surface area contributed by atoms with Gasteiger partial charge in [0.25, 0.3) is 0 Å². The smallest absolute Gasteiger partial charge is 0.243 e. The molecule has 4 aromatic rings. The lowest BCUT2D eigenvalue weighted by molar-refractivity contribution is 0.0823. The second-order valence-corrected chi connectivity index (χ2v) is 11.4. The summed E-state index contributed by atoms with van der Waals surface area (Å²) in [5.74, 6) is 0. The number of aromatic nitrogens is 1. The topological polar surface area (TPSA) is 65.8 Å². The zero-order valence-electron chi connectivity index (χ0n) is 18.4. The van der Waals surface area contributed by atoms with E-state index in [2.05, 4.69) is 21.6 Å². The molecule has 1 aromatic heterocycles. The van der Waals surface area contributed by atoms with Crippen molar-refractivity contribution in [2.24, 2.45) is 0 Å². The first-order valence-electron chi connectivity index (χ1n) is 11.2. The van der Waals surface area contributed by atoms with Crippen LogP contribution >= 0.6 is 23.2 Å². The minimum Gasteiger partial charge on any atom is -0.390 e. The number of halogens is 2. The van der Waals surface area contributed by atoms with E-state index in [-0.39, 0.29) is 4.90 Å². The number of sulfonamides is 1. The number of piperazine rings is 1. The Kier molecular flexibility index (Phi) is 6.59. The second-order valence-electron chi connectivity index (χ2n) is 8.60. The summed E-state index contributed by atoms with van der Waals surface area (Å²) in [6, 6.07) is 20.2. The molecule has 1 fully saturated rings. The monoisotopic (exact) mass is 517 g/mol. The minimum absolute atomic E-state index is 0.247. The van der Waals surface area contributed by atoms with E-state index in [1.165, 1.54) is 16.4 Å². The van der Waals surface area contributed by atoms with Crippen LogP contribution < -0.4 is 0 Å². The van der Waals surface area contributed by atoms with Crippen LogP contribution in [0.25, 0.3) is 21.8 Å². The standard InChI is InChI=1S/C25H25Cl2N3O3S/c26-18-5-8-21(9-6-18)34(32,33)29-13-11-28(12-14-29)16-20(31)17-30-24-4-2-1-3-22(24)23-15-19(27)7-10-25(23)30/h1-10,15,20,31H,11-14,16-17H2. The lowest BCUT2D eigenvalue weighted by Gasteiger charge is -2.35. The normalized spacial score (nSPS) is 16.9. The van der Waals surface area contributed by atoms with Gasteiger partial charge in [-0.15, -0.1) is 0 Å². The van der Waals surface area contributed by atoms with E-state index in [1.807, 2.05) is 30.3 Å². The van der Waals surface area contributed by atoms with Crippen LogP contribution in [0.15, 0.2) is 71.6 Å². The van der Waals surface area contributed by atoms with Gasteiger partial charge in [-0.2, -0.15) is 4.31 Å². The molecule has 1 aliphatic heterocycles. The summed E-state index contributed by atoms with van der Waals surface area (Å²) in [5.41, 5.74) is 2.08. The van der Waals surface area contributed by atoms with Crippen molar-refractivity contribution < 1.29 is 13.5 Å². The van der Waals surface area contributed by atoms with Crippen LogP contribution in [-0.2, 0) is 16.6 Å². The van der Waals surface area contributed by atoms with Gasteiger partial charge in [-0.1, -0.05) is 41.4 Å². The third kappa shape index (κ3) is 4.56. The molecule has 34 heavy (non-hydrogen) atoms. The van der Waals surface area contributed by atoms with Gasteiger partial charge in [0, 0.05) is 64.6 Å². The third-order valence-electron chi connectivity index (χ3n) is 6.38.